The number of hydrogen-bond donors (Lipinski definition) is 1. The van der Waals surface area contributed by atoms with Crippen molar-refractivity contribution < 1.29 is 28.5 Å². The molecule has 1 amide bonds. The largest absolute Gasteiger partial charge is 0.486 e. The number of benzene rings is 2. The Kier molecular flexibility index (Phi) is 6.75. The number of hydrogen-bond acceptors (Lipinski definition) is 7. The summed E-state index contributed by atoms with van der Waals surface area (Å²) >= 11 is 0. The Bertz CT molecular complexity index is 951. The molecule has 0 aromatic heterocycles. The molecule has 0 bridgehead atoms. The number of nitrogens with zero attached hydrogens (tertiary/aromatic N) is 1. The first-order valence-electron chi connectivity index (χ1n) is 9.48. The van der Waals surface area contributed by atoms with Crippen LogP contribution in [0.4, 0.5) is 0 Å². The number of nitrogens with one attached hydrogen (secondary N) is 1. The van der Waals surface area contributed by atoms with Gasteiger partial charge < -0.3 is 24.3 Å². The van der Waals surface area contributed by atoms with Crippen LogP contribution in [0.2, 0.25) is 0 Å². The average molecular weight is 410 g/mol. The van der Waals surface area contributed by atoms with E-state index in [0.29, 0.717) is 36.0 Å². The van der Waals surface area contributed by atoms with E-state index < -0.39 is 24.6 Å². The highest BCUT2D eigenvalue weighted by Gasteiger charge is 2.20. The first-order chi connectivity index (χ1) is 14.5. The van der Waals surface area contributed by atoms with Crippen molar-refractivity contribution in [3.05, 3.63) is 53.6 Å². The van der Waals surface area contributed by atoms with Crippen LogP contribution < -0.4 is 19.5 Å². The molecule has 0 unspecified atom stereocenters. The molecule has 0 fully saturated rings. The summed E-state index contributed by atoms with van der Waals surface area (Å²) in [4.78, 5) is 24.2. The van der Waals surface area contributed by atoms with Crippen LogP contribution in [-0.4, -0.2) is 37.8 Å². The maximum Gasteiger partial charge on any atom is 0.347 e. The monoisotopic (exact) mass is 410 g/mol. The van der Waals surface area contributed by atoms with Crippen molar-refractivity contribution in [1.82, 2.24) is 5.32 Å². The Hall–Kier alpha value is -3.73. The van der Waals surface area contributed by atoms with Gasteiger partial charge in [-0.3, -0.25) is 4.79 Å². The molecule has 30 heavy (non-hydrogen) atoms. The SMILES string of the molecule is C[C@H](NC(=O)COC(=O)[C@@H](C)Oc1ccc(C#N)cc1)c1ccc2c(c1)OCCO2. The average Bonchev–Trinajstić information content (AvgIpc) is 2.77. The van der Waals surface area contributed by atoms with Crippen LogP contribution in [0.1, 0.15) is 31.0 Å². The fraction of sp³-hybridized carbons (Fsp3) is 0.318. The standard InChI is InChI=1S/C22H22N2O6/c1-14(17-5-8-19-20(11-17)28-10-9-27-19)24-21(25)13-29-22(26)15(2)30-18-6-3-16(12-23)4-7-18/h3-8,11,14-15H,9-10,13H2,1-2H3,(H,24,25)/t14-,15+/m0/s1. The molecule has 8 nitrogen and oxygen atoms in total. The van der Waals surface area contributed by atoms with Crippen molar-refractivity contribution in [2.24, 2.45) is 0 Å². The molecule has 1 heterocycles. The molecule has 0 spiro atoms. The van der Waals surface area contributed by atoms with Crippen LogP contribution in [-0.2, 0) is 14.3 Å². The van der Waals surface area contributed by atoms with E-state index in [9.17, 15) is 9.59 Å². The van der Waals surface area contributed by atoms with E-state index in [1.165, 1.54) is 6.92 Å². The third-order valence-corrected chi connectivity index (χ3v) is 4.42. The van der Waals surface area contributed by atoms with E-state index in [4.69, 9.17) is 24.2 Å². The van der Waals surface area contributed by atoms with Crippen LogP contribution in [0.5, 0.6) is 17.2 Å². The highest BCUT2D eigenvalue weighted by molar-refractivity contribution is 5.82. The summed E-state index contributed by atoms with van der Waals surface area (Å²) in [5, 5.41) is 11.6. The molecule has 2 aromatic rings. The lowest BCUT2D eigenvalue weighted by Gasteiger charge is -2.21. The van der Waals surface area contributed by atoms with Crippen LogP contribution >= 0.6 is 0 Å². The summed E-state index contributed by atoms with van der Waals surface area (Å²) in [6, 6.07) is 13.5. The van der Waals surface area contributed by atoms with Gasteiger partial charge in [0.1, 0.15) is 19.0 Å². The second-order valence-corrected chi connectivity index (χ2v) is 6.70. The van der Waals surface area contributed by atoms with Gasteiger partial charge in [0.25, 0.3) is 5.91 Å². The lowest BCUT2D eigenvalue weighted by atomic mass is 10.1. The van der Waals surface area contributed by atoms with Gasteiger partial charge in [0.2, 0.25) is 0 Å². The lowest BCUT2D eigenvalue weighted by Crippen LogP contribution is -2.34. The Labute approximate surface area is 174 Å². The summed E-state index contributed by atoms with van der Waals surface area (Å²) in [5.74, 6) is 0.640. The molecular formula is C22H22N2O6. The smallest absolute Gasteiger partial charge is 0.347 e. The van der Waals surface area contributed by atoms with Gasteiger partial charge in [0.15, 0.2) is 24.2 Å². The predicted octanol–water partition coefficient (Wildman–Crippen LogP) is 2.52. The van der Waals surface area contributed by atoms with Crippen LogP contribution in [0.3, 0.4) is 0 Å². The van der Waals surface area contributed by atoms with Crippen LogP contribution in [0.15, 0.2) is 42.5 Å². The molecule has 2 atom stereocenters. The fourth-order valence-corrected chi connectivity index (χ4v) is 2.81. The van der Waals surface area contributed by atoms with Crippen molar-refractivity contribution in [2.75, 3.05) is 19.8 Å². The second kappa shape index (κ2) is 9.65. The predicted molar refractivity (Wildman–Crippen MR) is 106 cm³/mol. The van der Waals surface area contributed by atoms with Crippen molar-refractivity contribution in [2.45, 2.75) is 26.0 Å². The number of carbonyl (C=O) groups excluding carboxylic acids is 2. The zero-order valence-corrected chi connectivity index (χ0v) is 16.7. The van der Waals surface area contributed by atoms with Crippen molar-refractivity contribution in [3.8, 4) is 23.3 Å². The maximum atomic E-state index is 12.2. The van der Waals surface area contributed by atoms with Gasteiger partial charge in [0.05, 0.1) is 17.7 Å². The number of ether oxygens (including phenoxy) is 4. The third kappa shape index (κ3) is 5.41. The minimum Gasteiger partial charge on any atom is -0.486 e. The number of rotatable bonds is 7. The lowest BCUT2D eigenvalue weighted by molar-refractivity contribution is -0.154. The molecule has 1 N–H and O–H groups in total. The van der Waals surface area contributed by atoms with E-state index >= 15 is 0 Å². The molecule has 0 aliphatic carbocycles. The highest BCUT2D eigenvalue weighted by Crippen LogP contribution is 2.32. The summed E-state index contributed by atoms with van der Waals surface area (Å²) < 4.78 is 21.5. The van der Waals surface area contributed by atoms with Gasteiger partial charge in [-0.25, -0.2) is 4.79 Å². The molecule has 0 saturated heterocycles. The molecule has 0 saturated carbocycles. The first kappa shape index (κ1) is 21.0. The fourth-order valence-electron chi connectivity index (χ4n) is 2.81. The van der Waals surface area contributed by atoms with Crippen molar-refractivity contribution in [3.63, 3.8) is 0 Å². The molecule has 3 rings (SSSR count). The van der Waals surface area contributed by atoms with E-state index in [1.807, 2.05) is 25.1 Å². The van der Waals surface area contributed by atoms with E-state index in [0.717, 1.165) is 5.56 Å². The third-order valence-electron chi connectivity index (χ3n) is 4.42. The molecular weight excluding hydrogens is 388 g/mol. The number of carbonyl (C=O) groups is 2. The number of esters is 1. The molecule has 8 heteroatoms. The summed E-state index contributed by atoms with van der Waals surface area (Å²) in [6.07, 6.45) is -0.902. The molecule has 156 valence electrons. The van der Waals surface area contributed by atoms with Crippen LogP contribution in [0.25, 0.3) is 0 Å². The van der Waals surface area contributed by atoms with Gasteiger partial charge in [-0.1, -0.05) is 6.07 Å². The Morgan fingerprint density at radius 1 is 1.10 bits per heavy atom. The number of amides is 1. The van der Waals surface area contributed by atoms with Crippen LogP contribution in [0, 0.1) is 11.3 Å². The Morgan fingerprint density at radius 3 is 2.50 bits per heavy atom. The minimum atomic E-state index is -0.902. The molecule has 1 aliphatic heterocycles. The topological polar surface area (TPSA) is 107 Å². The van der Waals surface area contributed by atoms with Gasteiger partial charge in [-0.05, 0) is 55.8 Å². The van der Waals surface area contributed by atoms with Crippen molar-refractivity contribution in [1.29, 1.82) is 5.26 Å². The van der Waals surface area contributed by atoms with Gasteiger partial charge in [-0.15, -0.1) is 0 Å². The normalized spacial score (nSPS) is 14.0. The van der Waals surface area contributed by atoms with Gasteiger partial charge in [-0.2, -0.15) is 5.26 Å². The van der Waals surface area contributed by atoms with E-state index in [-0.39, 0.29) is 6.04 Å². The van der Waals surface area contributed by atoms with Crippen molar-refractivity contribution >= 4 is 11.9 Å². The maximum absolute atomic E-state index is 12.2. The van der Waals surface area contributed by atoms with E-state index in [1.54, 1.807) is 30.3 Å². The number of fused-ring (bicyclic) bond motifs is 1. The second-order valence-electron chi connectivity index (χ2n) is 6.70. The summed E-state index contributed by atoms with van der Waals surface area (Å²) in [7, 11) is 0. The zero-order chi connectivity index (χ0) is 21.5. The van der Waals surface area contributed by atoms with E-state index in [2.05, 4.69) is 5.32 Å². The van der Waals surface area contributed by atoms with Gasteiger partial charge in [0, 0.05) is 0 Å². The van der Waals surface area contributed by atoms with Gasteiger partial charge >= 0.3 is 5.97 Å². The highest BCUT2D eigenvalue weighted by atomic mass is 16.6. The zero-order valence-electron chi connectivity index (χ0n) is 16.7. The minimum absolute atomic E-state index is 0.306. The Morgan fingerprint density at radius 2 is 1.80 bits per heavy atom. The number of nitriles is 1. The summed E-state index contributed by atoms with van der Waals surface area (Å²) in [6.45, 7) is 3.92. The molecule has 0 radical (unpaired) electrons. The quantitative estimate of drug-likeness (QED) is 0.699. The first-order valence-corrected chi connectivity index (χ1v) is 9.48. The summed E-state index contributed by atoms with van der Waals surface area (Å²) in [5.41, 5.74) is 1.33. The molecule has 2 aromatic carbocycles. The Balaban J connectivity index is 1.46. The molecule has 1 aliphatic rings.